The highest BCUT2D eigenvalue weighted by atomic mass is 127. The number of halogens is 1. The van der Waals surface area contributed by atoms with Crippen LogP contribution in [0, 0.1) is 6.92 Å². The fourth-order valence-electron chi connectivity index (χ4n) is 3.29. The first-order chi connectivity index (χ1) is 14.0. The number of aromatic nitrogens is 1. The van der Waals surface area contributed by atoms with Crippen molar-refractivity contribution in [2.45, 2.75) is 33.7 Å². The first-order valence-corrected chi connectivity index (χ1v) is 10.0. The second-order valence-electron chi connectivity index (χ2n) is 7.12. The SMILES string of the molecule is CCNC(=NCc1cccc(NC(C)=O)c1)NCCc1c[nH]c2cc(C)ccc12.I. The van der Waals surface area contributed by atoms with Crippen LogP contribution in [0.2, 0.25) is 0 Å². The lowest BCUT2D eigenvalue weighted by atomic mass is 10.1. The van der Waals surface area contributed by atoms with E-state index in [-0.39, 0.29) is 29.9 Å². The van der Waals surface area contributed by atoms with Crippen molar-refractivity contribution < 1.29 is 4.79 Å². The molecule has 0 radical (unpaired) electrons. The molecular weight excluding hydrogens is 489 g/mol. The Morgan fingerprint density at radius 3 is 2.73 bits per heavy atom. The van der Waals surface area contributed by atoms with E-state index in [0.29, 0.717) is 6.54 Å². The lowest BCUT2D eigenvalue weighted by Crippen LogP contribution is -2.38. The average molecular weight is 519 g/mol. The van der Waals surface area contributed by atoms with Crippen molar-refractivity contribution in [3.05, 3.63) is 65.4 Å². The summed E-state index contributed by atoms with van der Waals surface area (Å²) in [4.78, 5) is 19.3. The number of benzene rings is 2. The Morgan fingerprint density at radius 1 is 1.13 bits per heavy atom. The first-order valence-electron chi connectivity index (χ1n) is 10.0. The molecule has 7 heteroatoms. The predicted molar refractivity (Wildman–Crippen MR) is 136 cm³/mol. The Bertz CT molecular complexity index is 1010. The number of aliphatic imine (C=N–C) groups is 1. The van der Waals surface area contributed by atoms with E-state index in [4.69, 9.17) is 0 Å². The third kappa shape index (κ3) is 6.76. The highest BCUT2D eigenvalue weighted by Crippen LogP contribution is 2.19. The number of rotatable bonds is 7. The summed E-state index contributed by atoms with van der Waals surface area (Å²) in [5, 5.41) is 10.8. The number of aryl methyl sites for hydroxylation is 1. The largest absolute Gasteiger partial charge is 0.361 e. The third-order valence-electron chi connectivity index (χ3n) is 4.62. The summed E-state index contributed by atoms with van der Waals surface area (Å²) in [6.45, 7) is 7.79. The number of guanidine groups is 1. The normalized spacial score (nSPS) is 11.1. The molecule has 0 spiro atoms. The van der Waals surface area contributed by atoms with Crippen LogP contribution in [0.25, 0.3) is 10.9 Å². The Labute approximate surface area is 195 Å². The van der Waals surface area contributed by atoms with E-state index in [1.54, 1.807) is 0 Å². The molecule has 1 aromatic heterocycles. The summed E-state index contributed by atoms with van der Waals surface area (Å²) in [7, 11) is 0. The van der Waals surface area contributed by atoms with E-state index in [1.807, 2.05) is 24.3 Å². The van der Waals surface area contributed by atoms with E-state index in [0.717, 1.165) is 36.7 Å². The fourth-order valence-corrected chi connectivity index (χ4v) is 3.29. The minimum atomic E-state index is -0.0758. The van der Waals surface area contributed by atoms with Crippen LogP contribution in [0.3, 0.4) is 0 Å². The van der Waals surface area contributed by atoms with Gasteiger partial charge < -0.3 is 20.9 Å². The Hall–Kier alpha value is -2.55. The third-order valence-corrected chi connectivity index (χ3v) is 4.62. The fraction of sp³-hybridized carbons (Fsp3) is 0.304. The summed E-state index contributed by atoms with van der Waals surface area (Å²) in [5.41, 5.74) is 5.57. The average Bonchev–Trinajstić information content (AvgIpc) is 3.08. The molecule has 0 atom stereocenters. The molecule has 0 unspecified atom stereocenters. The number of nitrogens with zero attached hydrogens (tertiary/aromatic N) is 1. The highest BCUT2D eigenvalue weighted by Gasteiger charge is 2.05. The van der Waals surface area contributed by atoms with Gasteiger partial charge in [-0.3, -0.25) is 4.79 Å². The summed E-state index contributed by atoms with van der Waals surface area (Å²) in [6.07, 6.45) is 2.99. The molecule has 160 valence electrons. The molecule has 0 bridgehead atoms. The second kappa shape index (κ2) is 11.6. The van der Waals surface area contributed by atoms with Crippen molar-refractivity contribution in [3.63, 3.8) is 0 Å². The van der Waals surface area contributed by atoms with Crippen molar-refractivity contribution in [3.8, 4) is 0 Å². The maximum absolute atomic E-state index is 11.2. The van der Waals surface area contributed by atoms with Crippen LogP contribution in [0.5, 0.6) is 0 Å². The maximum Gasteiger partial charge on any atom is 0.221 e. The lowest BCUT2D eigenvalue weighted by molar-refractivity contribution is -0.114. The molecule has 0 aliphatic heterocycles. The number of H-pyrrole nitrogens is 1. The zero-order valence-corrected chi connectivity index (χ0v) is 20.0. The van der Waals surface area contributed by atoms with Gasteiger partial charge in [0, 0.05) is 42.8 Å². The topological polar surface area (TPSA) is 81.3 Å². The first kappa shape index (κ1) is 23.7. The number of amides is 1. The molecule has 4 N–H and O–H groups in total. The van der Waals surface area contributed by atoms with Crippen molar-refractivity contribution in [1.29, 1.82) is 0 Å². The standard InChI is InChI=1S/C23H29N5O.HI/c1-4-24-23(27-14-18-6-5-7-20(13-18)28-17(3)29)25-11-10-19-15-26-22-12-16(2)8-9-21(19)22;/h5-9,12-13,15,26H,4,10-11,14H2,1-3H3,(H,28,29)(H2,24,25,27);1H. The van der Waals surface area contributed by atoms with E-state index >= 15 is 0 Å². The molecule has 0 aliphatic carbocycles. The van der Waals surface area contributed by atoms with Gasteiger partial charge in [-0.15, -0.1) is 24.0 Å². The Kier molecular flexibility index (Phi) is 9.16. The number of carbonyl (C=O) groups excluding carboxylic acids is 1. The smallest absolute Gasteiger partial charge is 0.221 e. The number of aromatic amines is 1. The van der Waals surface area contributed by atoms with Crippen LogP contribution in [0.15, 0.2) is 53.7 Å². The highest BCUT2D eigenvalue weighted by molar-refractivity contribution is 14.0. The number of fused-ring (bicyclic) bond motifs is 1. The number of anilines is 1. The summed E-state index contributed by atoms with van der Waals surface area (Å²) in [6, 6.07) is 14.3. The summed E-state index contributed by atoms with van der Waals surface area (Å²) < 4.78 is 0. The van der Waals surface area contributed by atoms with E-state index in [1.165, 1.54) is 29.0 Å². The van der Waals surface area contributed by atoms with Crippen LogP contribution < -0.4 is 16.0 Å². The monoisotopic (exact) mass is 519 g/mol. The number of nitrogens with one attached hydrogen (secondary N) is 4. The van der Waals surface area contributed by atoms with Gasteiger partial charge in [0.25, 0.3) is 0 Å². The molecule has 6 nitrogen and oxygen atoms in total. The molecule has 3 rings (SSSR count). The van der Waals surface area contributed by atoms with Gasteiger partial charge in [0.15, 0.2) is 5.96 Å². The summed E-state index contributed by atoms with van der Waals surface area (Å²) in [5.74, 6) is 0.709. The predicted octanol–water partition coefficient (Wildman–Crippen LogP) is 4.35. The van der Waals surface area contributed by atoms with Crippen LogP contribution in [0.4, 0.5) is 5.69 Å². The molecule has 0 aliphatic rings. The van der Waals surface area contributed by atoms with Crippen molar-refractivity contribution >= 4 is 52.4 Å². The Morgan fingerprint density at radius 2 is 1.97 bits per heavy atom. The zero-order valence-electron chi connectivity index (χ0n) is 17.7. The van der Waals surface area contributed by atoms with Gasteiger partial charge in [-0.1, -0.05) is 24.3 Å². The second-order valence-corrected chi connectivity index (χ2v) is 7.12. The van der Waals surface area contributed by atoms with Gasteiger partial charge in [0.1, 0.15) is 0 Å². The van der Waals surface area contributed by atoms with Crippen molar-refractivity contribution in [1.82, 2.24) is 15.6 Å². The molecule has 2 aromatic carbocycles. The number of hydrogen-bond donors (Lipinski definition) is 4. The molecule has 0 fully saturated rings. The molecule has 3 aromatic rings. The van der Waals surface area contributed by atoms with Crippen LogP contribution in [0.1, 0.15) is 30.5 Å². The molecule has 30 heavy (non-hydrogen) atoms. The van der Waals surface area contributed by atoms with E-state index in [2.05, 4.69) is 64.2 Å². The lowest BCUT2D eigenvalue weighted by Gasteiger charge is -2.11. The molecule has 0 saturated carbocycles. The van der Waals surface area contributed by atoms with Crippen molar-refractivity contribution in [2.75, 3.05) is 18.4 Å². The number of carbonyl (C=O) groups is 1. The van der Waals surface area contributed by atoms with Gasteiger partial charge in [0.2, 0.25) is 5.91 Å². The van der Waals surface area contributed by atoms with Crippen molar-refractivity contribution in [2.24, 2.45) is 4.99 Å². The minimum absolute atomic E-state index is 0. The molecular formula is C23H30IN5O. The van der Waals surface area contributed by atoms with Crippen LogP contribution in [-0.2, 0) is 17.8 Å². The van der Waals surface area contributed by atoms with Gasteiger partial charge >= 0.3 is 0 Å². The molecule has 1 heterocycles. The Balaban J connectivity index is 0.00000320. The zero-order chi connectivity index (χ0) is 20.6. The van der Waals surface area contributed by atoms with Gasteiger partial charge in [-0.25, -0.2) is 4.99 Å². The number of hydrogen-bond acceptors (Lipinski definition) is 2. The molecule has 1 amide bonds. The quantitative estimate of drug-likeness (QED) is 0.213. The van der Waals surface area contributed by atoms with Gasteiger partial charge in [0.05, 0.1) is 6.54 Å². The molecule has 0 saturated heterocycles. The van der Waals surface area contributed by atoms with Gasteiger partial charge in [-0.2, -0.15) is 0 Å². The van der Waals surface area contributed by atoms with Crippen LogP contribution >= 0.6 is 24.0 Å². The van der Waals surface area contributed by atoms with E-state index < -0.39 is 0 Å². The van der Waals surface area contributed by atoms with Crippen LogP contribution in [-0.4, -0.2) is 29.9 Å². The van der Waals surface area contributed by atoms with E-state index in [9.17, 15) is 4.79 Å². The maximum atomic E-state index is 11.2. The minimum Gasteiger partial charge on any atom is -0.361 e. The van der Waals surface area contributed by atoms with Gasteiger partial charge in [-0.05, 0) is 55.2 Å². The summed E-state index contributed by atoms with van der Waals surface area (Å²) >= 11 is 0.